The Kier molecular flexibility index (Phi) is 13.5. The highest BCUT2D eigenvalue weighted by atomic mass is 79.9. The van der Waals surface area contributed by atoms with Gasteiger partial charge in [0.2, 0.25) is 0 Å². The van der Waals surface area contributed by atoms with Crippen molar-refractivity contribution in [1.29, 1.82) is 0 Å². The zero-order chi connectivity index (χ0) is 39.6. The first-order valence-corrected chi connectivity index (χ1v) is 13.4. The maximum atomic E-state index is 12.5. The summed E-state index contributed by atoms with van der Waals surface area (Å²) in [7, 11) is 0. The van der Waals surface area contributed by atoms with Gasteiger partial charge in [-0.25, -0.2) is 9.59 Å². The Balaban J connectivity index is 0.000000382. The molecule has 0 saturated carbocycles. The predicted octanol–water partition coefficient (Wildman–Crippen LogP) is 12.1. The number of aromatic carboxylic acids is 2. The number of hydrogen-bond donors (Lipinski definition) is 2. The van der Waals surface area contributed by atoms with E-state index in [0.717, 1.165) is 0 Å². The zero-order valence-electron chi connectivity index (χ0n) is 22.9. The molecule has 0 fully saturated rings. The topological polar surface area (TPSA) is 74.6 Å². The number of benzene rings is 3. The van der Waals surface area contributed by atoms with Gasteiger partial charge in [0, 0.05) is 8.95 Å². The van der Waals surface area contributed by atoms with Crippen molar-refractivity contribution in [2.75, 3.05) is 0 Å². The van der Waals surface area contributed by atoms with Crippen LogP contribution >= 0.6 is 31.9 Å². The van der Waals surface area contributed by atoms with E-state index in [4.69, 9.17) is 10.2 Å². The predicted molar refractivity (Wildman–Crippen MR) is 139 cm³/mol. The highest BCUT2D eigenvalue weighted by Gasteiger charge is 2.43. The minimum Gasteiger partial charge on any atom is -0.478 e. The molecule has 0 aliphatic rings. The van der Waals surface area contributed by atoms with Gasteiger partial charge in [-0.15, -0.1) is 0 Å². The highest BCUT2D eigenvalue weighted by molar-refractivity contribution is 9.11. The van der Waals surface area contributed by atoms with Gasteiger partial charge in [-0.2, -0.15) is 79.0 Å². The lowest BCUT2D eigenvalue weighted by atomic mass is 9.97. The summed E-state index contributed by atoms with van der Waals surface area (Å²) < 4.78 is 220. The molecule has 4 nitrogen and oxygen atoms in total. The SMILES string of the molecule is FC(F)(F)c1cc(Br)c(C(F)(F)F)cc1Br.FC(F)(F)c1ccc(C(F)(F)F)cc1.O=C(O)c1cc(C(F)(F)F)c(C(=O)O)cc1C(F)(F)F. The van der Waals surface area contributed by atoms with E-state index in [1.807, 2.05) is 0 Å². The molecular weight excluding hydrogens is 878 g/mol. The molecular formula is C26H10Br2F18O4. The molecule has 2 N–H and O–H groups in total. The molecule has 0 spiro atoms. The van der Waals surface area contributed by atoms with Crippen molar-refractivity contribution in [2.24, 2.45) is 0 Å². The lowest BCUT2D eigenvalue weighted by molar-refractivity contribution is -0.142. The van der Waals surface area contributed by atoms with Crippen LogP contribution < -0.4 is 0 Å². The molecule has 3 aromatic rings. The third kappa shape index (κ3) is 12.3. The first-order valence-electron chi connectivity index (χ1n) is 11.8. The standard InChI is InChI=1S/C10H4F6O4.C8H2Br2F6.C8H4F6/c11-9(12,13)5-1-3(7(17)18)6(10(14,15)16)2-4(5)8(19)20;9-5-1-3(7(11,12)13)6(10)2-4(5)8(14,15)16;9-7(10,11)5-1-2-6(4-3-5)8(12,13)14/h1-2H,(H,17,18)(H,19,20);1-2H;1-4H. The Morgan fingerprint density at radius 1 is 0.400 bits per heavy atom. The van der Waals surface area contributed by atoms with Crippen LogP contribution in [-0.2, 0) is 37.1 Å². The fourth-order valence-electron chi connectivity index (χ4n) is 3.25. The van der Waals surface area contributed by atoms with Crippen molar-refractivity contribution >= 4 is 43.8 Å². The van der Waals surface area contributed by atoms with Gasteiger partial charge in [-0.3, -0.25) is 0 Å². The molecule has 0 radical (unpaired) electrons. The van der Waals surface area contributed by atoms with Gasteiger partial charge in [0.05, 0.1) is 44.5 Å². The van der Waals surface area contributed by atoms with Crippen LogP contribution in [0, 0.1) is 0 Å². The minimum absolute atomic E-state index is 0.339. The van der Waals surface area contributed by atoms with Crippen molar-refractivity contribution in [1.82, 2.24) is 0 Å². The quantitative estimate of drug-likeness (QED) is 0.251. The third-order valence-electron chi connectivity index (χ3n) is 5.44. The number of hydrogen-bond acceptors (Lipinski definition) is 2. The number of alkyl halides is 18. The van der Waals surface area contributed by atoms with Crippen LogP contribution in [-0.4, -0.2) is 22.2 Å². The first kappa shape index (κ1) is 44.3. The van der Waals surface area contributed by atoms with Crippen molar-refractivity contribution in [3.05, 3.63) is 102 Å². The van der Waals surface area contributed by atoms with Crippen LogP contribution in [0.3, 0.4) is 0 Å². The fraction of sp³-hybridized carbons (Fsp3) is 0.231. The van der Waals surface area contributed by atoms with Gasteiger partial charge in [0.1, 0.15) is 0 Å². The lowest BCUT2D eigenvalue weighted by Crippen LogP contribution is -2.20. The summed E-state index contributed by atoms with van der Waals surface area (Å²) in [6.07, 6.45) is -29.2. The largest absolute Gasteiger partial charge is 0.478 e. The Hall–Kier alpha value is -3.70. The van der Waals surface area contributed by atoms with Crippen molar-refractivity contribution in [3.8, 4) is 0 Å². The van der Waals surface area contributed by atoms with E-state index in [0.29, 0.717) is 36.4 Å². The van der Waals surface area contributed by atoms with E-state index in [2.05, 4.69) is 31.9 Å². The molecule has 0 bridgehead atoms. The summed E-state index contributed by atoms with van der Waals surface area (Å²) >= 11 is 4.94. The third-order valence-corrected chi connectivity index (χ3v) is 6.75. The summed E-state index contributed by atoms with van der Waals surface area (Å²) in [6, 6.07) is 1.74. The van der Waals surface area contributed by atoms with Gasteiger partial charge in [-0.1, -0.05) is 31.9 Å². The lowest BCUT2D eigenvalue weighted by Gasteiger charge is -2.16. The van der Waals surface area contributed by atoms with Gasteiger partial charge < -0.3 is 10.2 Å². The average Bonchev–Trinajstić information content (AvgIpc) is 2.91. The number of carboxylic acid groups (broad SMARTS) is 2. The van der Waals surface area contributed by atoms with Crippen LogP contribution in [0.25, 0.3) is 0 Å². The maximum Gasteiger partial charge on any atom is 0.417 e. The van der Waals surface area contributed by atoms with E-state index >= 15 is 0 Å². The smallest absolute Gasteiger partial charge is 0.417 e. The maximum absolute atomic E-state index is 12.5. The van der Waals surface area contributed by atoms with Crippen molar-refractivity contribution in [3.63, 3.8) is 0 Å². The summed E-state index contributed by atoms with van der Waals surface area (Å²) in [4.78, 5) is 21.2. The Morgan fingerprint density at radius 3 is 0.780 bits per heavy atom. The Bertz CT molecular complexity index is 1560. The molecule has 3 aromatic carbocycles. The normalized spacial score (nSPS) is 12.7. The second kappa shape index (κ2) is 15.3. The monoisotopic (exact) mass is 886 g/mol. The Morgan fingerprint density at radius 2 is 0.620 bits per heavy atom. The number of carboxylic acids is 2. The highest BCUT2D eigenvalue weighted by Crippen LogP contribution is 2.43. The molecule has 0 amide bonds. The second-order valence-electron chi connectivity index (χ2n) is 8.93. The van der Waals surface area contributed by atoms with Crippen LogP contribution in [0.4, 0.5) is 79.0 Å². The average molecular weight is 888 g/mol. The zero-order valence-corrected chi connectivity index (χ0v) is 26.1. The van der Waals surface area contributed by atoms with Crippen LogP contribution in [0.15, 0.2) is 57.5 Å². The molecule has 0 atom stereocenters. The minimum atomic E-state index is -5.30. The van der Waals surface area contributed by atoms with Crippen LogP contribution in [0.5, 0.6) is 0 Å². The van der Waals surface area contributed by atoms with Crippen LogP contribution in [0.1, 0.15) is 54.1 Å². The van der Waals surface area contributed by atoms with Gasteiger partial charge in [0.25, 0.3) is 0 Å². The molecule has 0 aliphatic carbocycles. The van der Waals surface area contributed by atoms with E-state index in [1.165, 1.54) is 0 Å². The van der Waals surface area contributed by atoms with E-state index in [-0.39, 0.29) is 12.1 Å². The van der Waals surface area contributed by atoms with E-state index < -0.39 is 102 Å². The Labute approximate surface area is 281 Å². The summed E-state index contributed by atoms with van der Waals surface area (Å²) in [5.41, 5.74) is -11.8. The number of rotatable bonds is 2. The molecule has 0 unspecified atom stereocenters. The van der Waals surface area contributed by atoms with Crippen molar-refractivity contribution in [2.45, 2.75) is 37.1 Å². The fourth-order valence-corrected chi connectivity index (χ4v) is 4.39. The molecule has 278 valence electrons. The second-order valence-corrected chi connectivity index (χ2v) is 10.6. The van der Waals surface area contributed by atoms with E-state index in [1.54, 1.807) is 0 Å². The molecule has 0 saturated heterocycles. The molecule has 0 aliphatic heterocycles. The summed E-state index contributed by atoms with van der Waals surface area (Å²) in [5.74, 6) is -4.50. The van der Waals surface area contributed by atoms with Gasteiger partial charge in [0.15, 0.2) is 0 Å². The number of halogens is 20. The van der Waals surface area contributed by atoms with Gasteiger partial charge in [-0.05, 0) is 48.5 Å². The van der Waals surface area contributed by atoms with E-state index in [9.17, 15) is 88.6 Å². The molecule has 0 aromatic heterocycles. The summed E-state index contributed by atoms with van der Waals surface area (Å²) in [6.45, 7) is 0. The van der Waals surface area contributed by atoms with Crippen molar-refractivity contribution < 1.29 is 98.8 Å². The molecule has 50 heavy (non-hydrogen) atoms. The molecule has 3 rings (SSSR count). The molecule has 24 heteroatoms. The number of carbonyl (C=O) groups is 2. The molecule has 0 heterocycles. The van der Waals surface area contributed by atoms with Crippen LogP contribution in [0.2, 0.25) is 0 Å². The van der Waals surface area contributed by atoms with Gasteiger partial charge >= 0.3 is 49.0 Å². The summed E-state index contributed by atoms with van der Waals surface area (Å²) in [5, 5.41) is 17.1. The first-order chi connectivity index (χ1) is 22.1.